The van der Waals surface area contributed by atoms with Gasteiger partial charge >= 0.3 is 23.8 Å². The zero-order chi connectivity index (χ0) is 26.9. The van der Waals surface area contributed by atoms with Gasteiger partial charge in [-0.25, -0.2) is 4.79 Å². The van der Waals surface area contributed by atoms with Crippen LogP contribution in [0.4, 0.5) is 0 Å². The topological polar surface area (TPSA) is 165 Å². The van der Waals surface area contributed by atoms with E-state index in [-0.39, 0.29) is 17.9 Å². The molecule has 1 aromatic carbocycles. The third kappa shape index (κ3) is 7.51. The van der Waals surface area contributed by atoms with Gasteiger partial charge in [0.2, 0.25) is 5.91 Å². The van der Waals surface area contributed by atoms with Crippen LogP contribution >= 0.6 is 0 Å². The van der Waals surface area contributed by atoms with Gasteiger partial charge < -0.3 is 25.7 Å². The number of carbonyl (C=O) groups excluding carboxylic acids is 3. The molecule has 11 nitrogen and oxygen atoms in total. The maximum absolute atomic E-state index is 13.2. The number of aliphatic carboxylic acids is 2. The summed E-state index contributed by atoms with van der Waals surface area (Å²) in [6.45, 7) is 2.73. The summed E-state index contributed by atoms with van der Waals surface area (Å²) in [5.41, 5.74) is 1.04. The molecule has 1 saturated carbocycles. The molecule has 3 fully saturated rings. The monoisotopic (exact) mass is 516 g/mol. The number of carboxylic acid groups (broad SMARTS) is 2. The fraction of sp³-hybridized carbons (Fsp3) is 0.577. The van der Waals surface area contributed by atoms with E-state index in [2.05, 4.69) is 16.0 Å². The normalized spacial score (nSPS) is 24.5. The van der Waals surface area contributed by atoms with Gasteiger partial charge in [0, 0.05) is 19.1 Å². The largest absolute Gasteiger partial charge is 0.480 e. The van der Waals surface area contributed by atoms with Crippen molar-refractivity contribution in [3.8, 4) is 0 Å². The minimum Gasteiger partial charge on any atom is -0.480 e. The van der Waals surface area contributed by atoms with Gasteiger partial charge in [-0.15, -0.1) is 0 Å². The summed E-state index contributed by atoms with van der Waals surface area (Å²) >= 11 is 0. The van der Waals surface area contributed by atoms with Crippen LogP contribution in [0, 0.1) is 5.92 Å². The van der Waals surface area contributed by atoms with Gasteiger partial charge in [-0.3, -0.25) is 24.5 Å². The highest BCUT2D eigenvalue weighted by Crippen LogP contribution is 2.40. The molecule has 4 rings (SSSR count). The highest BCUT2D eigenvalue weighted by atomic mass is 16.4. The van der Waals surface area contributed by atoms with Gasteiger partial charge in [0.1, 0.15) is 12.1 Å². The highest BCUT2D eigenvalue weighted by molar-refractivity contribution is 6.35. The van der Waals surface area contributed by atoms with Crippen molar-refractivity contribution in [2.75, 3.05) is 13.1 Å². The van der Waals surface area contributed by atoms with Crippen LogP contribution in [0.5, 0.6) is 0 Å². The number of nitrogens with one attached hydrogen (secondary N) is 3. The van der Waals surface area contributed by atoms with E-state index in [0.717, 1.165) is 31.2 Å². The van der Waals surface area contributed by atoms with Crippen molar-refractivity contribution in [2.24, 2.45) is 5.92 Å². The molecule has 3 amide bonds. The minimum absolute atomic E-state index is 0.0470. The molecule has 5 N–H and O–H groups in total. The molecule has 0 aromatic heterocycles. The molecule has 1 aliphatic carbocycles. The summed E-state index contributed by atoms with van der Waals surface area (Å²) in [6, 6.07) is 7.12. The quantitative estimate of drug-likeness (QED) is 0.312. The van der Waals surface area contributed by atoms with Crippen molar-refractivity contribution in [2.45, 2.75) is 76.0 Å². The zero-order valence-electron chi connectivity index (χ0n) is 21.0. The molecule has 3 aliphatic rings. The lowest BCUT2D eigenvalue weighted by atomic mass is 9.84. The molecule has 0 bridgehead atoms. The average molecular weight is 517 g/mol. The summed E-state index contributed by atoms with van der Waals surface area (Å²) in [6.07, 6.45) is 5.27. The molecule has 5 atom stereocenters. The van der Waals surface area contributed by atoms with Gasteiger partial charge in [0.05, 0.1) is 6.04 Å². The molecule has 0 radical (unpaired) electrons. The summed E-state index contributed by atoms with van der Waals surface area (Å²) in [4.78, 5) is 58.7. The van der Waals surface area contributed by atoms with Crippen LogP contribution in [0.2, 0.25) is 0 Å². The Labute approximate surface area is 216 Å². The number of aryl methyl sites for hydroxylation is 1. The number of fused-ring (bicyclic) bond motifs is 1. The second kappa shape index (κ2) is 13.2. The Morgan fingerprint density at radius 1 is 1.03 bits per heavy atom. The van der Waals surface area contributed by atoms with Crippen molar-refractivity contribution in [1.82, 2.24) is 20.9 Å². The Kier molecular flexibility index (Phi) is 10.0. The van der Waals surface area contributed by atoms with E-state index < -0.39 is 41.9 Å². The van der Waals surface area contributed by atoms with Crippen molar-refractivity contribution in [3.63, 3.8) is 0 Å². The number of hydrogen-bond donors (Lipinski definition) is 5. The fourth-order valence-electron chi connectivity index (χ4n) is 5.34. The molecule has 2 saturated heterocycles. The molecular weight excluding hydrogens is 480 g/mol. The third-order valence-corrected chi connectivity index (χ3v) is 7.21. The molecule has 0 spiro atoms. The molecular formula is C26H36N4O7. The number of rotatable bonds is 8. The van der Waals surface area contributed by atoms with Crippen LogP contribution in [-0.2, 0) is 30.4 Å². The van der Waals surface area contributed by atoms with Gasteiger partial charge in [0.15, 0.2) is 0 Å². The lowest BCUT2D eigenvalue weighted by Crippen LogP contribution is -2.55. The van der Waals surface area contributed by atoms with E-state index in [1.807, 2.05) is 30.3 Å². The van der Waals surface area contributed by atoms with Crippen LogP contribution in [0.15, 0.2) is 30.3 Å². The van der Waals surface area contributed by atoms with Crippen molar-refractivity contribution in [3.05, 3.63) is 35.9 Å². The summed E-state index contributed by atoms with van der Waals surface area (Å²) in [5, 5.41) is 26.9. The van der Waals surface area contributed by atoms with E-state index in [9.17, 15) is 34.2 Å². The van der Waals surface area contributed by atoms with Gasteiger partial charge in [-0.05, 0) is 50.5 Å². The number of nitrogens with zero attached hydrogens (tertiary/aromatic N) is 1. The smallest absolute Gasteiger partial charge is 0.326 e. The van der Waals surface area contributed by atoms with E-state index in [4.69, 9.17) is 0 Å². The van der Waals surface area contributed by atoms with Gasteiger partial charge in [-0.2, -0.15) is 0 Å². The number of hydrogen-bond acceptors (Lipinski definition) is 6. The number of carboxylic acids is 2. The molecule has 11 heteroatoms. The first-order valence-electron chi connectivity index (χ1n) is 12.8. The molecule has 0 unspecified atom stereocenters. The number of likely N-dealkylation sites (tertiary alicyclic amines) is 1. The van der Waals surface area contributed by atoms with Crippen LogP contribution in [0.25, 0.3) is 0 Å². The Balaban J connectivity index is 0.000000405. The van der Waals surface area contributed by atoms with E-state index in [0.29, 0.717) is 32.4 Å². The van der Waals surface area contributed by atoms with E-state index in [1.165, 1.54) is 4.90 Å². The van der Waals surface area contributed by atoms with Gasteiger partial charge in [0.25, 0.3) is 0 Å². The standard InChI is InChI=1S/C22H30N2O5.C4H6N2O2/c1-14(23-17(21(26)27)12-11-15-7-3-2-4-8-15)20(25)24-18-10-6-5-9-16(18)13-19(24)22(28)29;7-3-4(8)6-2-1-5-3/h2-4,7-8,14,16-19,23H,5-6,9-13H2,1H3,(H,26,27)(H,28,29);1-2H2,(H,5,7)(H,6,8)/t14-,16+,17-,18-,19-;/m0./s1. The van der Waals surface area contributed by atoms with Crippen molar-refractivity contribution in [1.29, 1.82) is 0 Å². The summed E-state index contributed by atoms with van der Waals surface area (Å²) in [7, 11) is 0. The third-order valence-electron chi connectivity index (χ3n) is 7.21. The Bertz CT molecular complexity index is 970. The Hall–Kier alpha value is -3.47. The Morgan fingerprint density at radius 3 is 2.22 bits per heavy atom. The molecule has 202 valence electrons. The van der Waals surface area contributed by atoms with E-state index in [1.54, 1.807) is 6.92 Å². The number of amides is 3. The zero-order valence-corrected chi connectivity index (χ0v) is 21.0. The highest BCUT2D eigenvalue weighted by Gasteiger charge is 2.48. The molecule has 1 aromatic rings. The SMILES string of the molecule is C[C@H](N[C@@H](CCc1ccccc1)C(=O)O)C(=O)N1[C@H](C(=O)O)C[C@H]2CCCC[C@@H]21.O=C1NCCNC1=O. The average Bonchev–Trinajstić information content (AvgIpc) is 3.28. The maximum atomic E-state index is 13.2. The predicted molar refractivity (Wildman–Crippen MR) is 133 cm³/mol. The summed E-state index contributed by atoms with van der Waals surface area (Å²) < 4.78 is 0. The predicted octanol–water partition coefficient (Wildman–Crippen LogP) is 0.527. The van der Waals surface area contributed by atoms with Crippen molar-refractivity contribution >= 4 is 29.7 Å². The van der Waals surface area contributed by atoms with Crippen LogP contribution in [-0.4, -0.2) is 82.0 Å². The first-order valence-corrected chi connectivity index (χ1v) is 12.8. The minimum atomic E-state index is -1.01. The number of piperazine rings is 1. The first kappa shape index (κ1) is 28.1. The fourth-order valence-corrected chi connectivity index (χ4v) is 5.34. The maximum Gasteiger partial charge on any atom is 0.326 e. The number of carbonyl (C=O) groups is 5. The van der Waals surface area contributed by atoms with Crippen LogP contribution in [0.3, 0.4) is 0 Å². The lowest BCUT2D eigenvalue weighted by Gasteiger charge is -2.35. The second-order valence-electron chi connectivity index (χ2n) is 9.76. The van der Waals surface area contributed by atoms with Gasteiger partial charge in [-0.1, -0.05) is 43.2 Å². The van der Waals surface area contributed by atoms with Crippen molar-refractivity contribution < 1.29 is 34.2 Å². The van der Waals surface area contributed by atoms with Crippen LogP contribution < -0.4 is 16.0 Å². The van der Waals surface area contributed by atoms with E-state index >= 15 is 0 Å². The first-order chi connectivity index (χ1) is 17.7. The molecule has 37 heavy (non-hydrogen) atoms. The lowest BCUT2D eigenvalue weighted by molar-refractivity contribution is -0.151. The molecule has 2 aliphatic heterocycles. The Morgan fingerprint density at radius 2 is 1.65 bits per heavy atom. The summed E-state index contributed by atoms with van der Waals surface area (Å²) in [5.74, 6) is -3.12. The molecule has 2 heterocycles. The second-order valence-corrected chi connectivity index (χ2v) is 9.76. The van der Waals surface area contributed by atoms with Crippen LogP contribution in [0.1, 0.15) is 51.0 Å². The number of benzene rings is 1.